The van der Waals surface area contributed by atoms with Crippen molar-refractivity contribution in [3.63, 3.8) is 0 Å². The summed E-state index contributed by atoms with van der Waals surface area (Å²) >= 11 is 0. The fourth-order valence-corrected chi connectivity index (χ4v) is 3.78. The first-order valence-electron chi connectivity index (χ1n) is 8.77. The lowest BCUT2D eigenvalue weighted by Gasteiger charge is -2.10. The Hall–Kier alpha value is -3.46. The van der Waals surface area contributed by atoms with Gasteiger partial charge in [-0.25, -0.2) is 17.2 Å². The molecule has 0 bridgehead atoms. The number of hydrogen-bond donors (Lipinski definition) is 2. The van der Waals surface area contributed by atoms with Crippen LogP contribution in [0.2, 0.25) is 0 Å². The molecule has 0 saturated carbocycles. The summed E-state index contributed by atoms with van der Waals surface area (Å²) in [6.45, 7) is -0.116. The summed E-state index contributed by atoms with van der Waals surface area (Å²) in [5.74, 6) is -1.51. The van der Waals surface area contributed by atoms with E-state index in [1.807, 2.05) is 0 Å². The molecule has 3 aromatic carbocycles. The molecule has 0 fully saturated rings. The van der Waals surface area contributed by atoms with Crippen LogP contribution in [0.3, 0.4) is 0 Å². The zero-order chi connectivity index (χ0) is 21.7. The van der Waals surface area contributed by atoms with Crippen molar-refractivity contribution in [2.45, 2.75) is 11.4 Å². The molecular weight excluding hydrogens is 414 g/mol. The number of nitrogens with one attached hydrogen (secondary N) is 2. The van der Waals surface area contributed by atoms with E-state index < -0.39 is 27.6 Å². The zero-order valence-corrected chi connectivity index (χ0v) is 16.7. The normalized spacial score (nSPS) is 11.0. The van der Waals surface area contributed by atoms with Crippen molar-refractivity contribution in [3.8, 4) is 5.75 Å². The van der Waals surface area contributed by atoms with Gasteiger partial charge in [0.1, 0.15) is 17.4 Å². The Kier molecular flexibility index (Phi) is 6.31. The molecule has 156 valence electrons. The van der Waals surface area contributed by atoms with Gasteiger partial charge in [0.2, 0.25) is 0 Å². The summed E-state index contributed by atoms with van der Waals surface area (Å²) in [5.41, 5.74) is 0.661. The minimum absolute atomic E-state index is 0.0875. The van der Waals surface area contributed by atoms with E-state index >= 15 is 0 Å². The number of ether oxygens (including phenoxy) is 1. The van der Waals surface area contributed by atoms with Crippen LogP contribution < -0.4 is 14.8 Å². The highest BCUT2D eigenvalue weighted by Crippen LogP contribution is 2.20. The van der Waals surface area contributed by atoms with Gasteiger partial charge in [-0.1, -0.05) is 6.07 Å². The van der Waals surface area contributed by atoms with Gasteiger partial charge in [-0.3, -0.25) is 9.52 Å². The predicted molar refractivity (Wildman–Crippen MR) is 108 cm³/mol. The van der Waals surface area contributed by atoms with Crippen LogP contribution in [0.25, 0.3) is 0 Å². The van der Waals surface area contributed by atoms with E-state index in [9.17, 15) is 22.0 Å². The molecule has 0 atom stereocenters. The molecule has 3 rings (SSSR count). The van der Waals surface area contributed by atoms with Crippen molar-refractivity contribution in [2.24, 2.45) is 0 Å². The van der Waals surface area contributed by atoms with E-state index in [0.717, 1.165) is 18.2 Å². The average Bonchev–Trinajstić information content (AvgIpc) is 2.72. The van der Waals surface area contributed by atoms with Crippen LogP contribution in [-0.4, -0.2) is 21.4 Å². The quantitative estimate of drug-likeness (QED) is 0.596. The van der Waals surface area contributed by atoms with Crippen LogP contribution in [0.4, 0.5) is 14.5 Å². The average molecular weight is 432 g/mol. The number of rotatable bonds is 7. The first-order chi connectivity index (χ1) is 14.3. The summed E-state index contributed by atoms with van der Waals surface area (Å²) in [4.78, 5) is 12.3. The minimum Gasteiger partial charge on any atom is -0.497 e. The second kappa shape index (κ2) is 8.91. The fraction of sp³-hybridized carbons (Fsp3) is 0.0952. The van der Waals surface area contributed by atoms with Gasteiger partial charge in [0.25, 0.3) is 15.9 Å². The number of sulfonamides is 1. The Balaban J connectivity index is 1.72. The van der Waals surface area contributed by atoms with Crippen LogP contribution in [-0.2, 0) is 16.6 Å². The smallest absolute Gasteiger partial charge is 0.261 e. The number of halogens is 2. The molecule has 2 N–H and O–H groups in total. The van der Waals surface area contributed by atoms with Crippen LogP contribution in [0.1, 0.15) is 15.9 Å². The van der Waals surface area contributed by atoms with E-state index in [1.54, 1.807) is 24.3 Å². The van der Waals surface area contributed by atoms with E-state index in [2.05, 4.69) is 10.0 Å². The summed E-state index contributed by atoms with van der Waals surface area (Å²) in [6.07, 6.45) is 0. The summed E-state index contributed by atoms with van der Waals surface area (Å²) in [5, 5.41) is 2.51. The standard InChI is InChI=1S/C21H18F2N2O4S/c1-29-19-7-5-18(6-8-19)25-30(27,28)20-4-2-3-15(11-20)21(26)24-13-14-9-16(22)12-17(23)10-14/h2-12,25H,13H2,1H3,(H,24,26). The molecule has 0 aliphatic rings. The molecule has 1 amide bonds. The van der Waals surface area contributed by atoms with Crippen molar-refractivity contribution in [1.29, 1.82) is 0 Å². The number of hydrogen-bond acceptors (Lipinski definition) is 4. The van der Waals surface area contributed by atoms with E-state index in [4.69, 9.17) is 4.74 Å². The highest BCUT2D eigenvalue weighted by molar-refractivity contribution is 7.92. The van der Waals surface area contributed by atoms with Crippen LogP contribution >= 0.6 is 0 Å². The molecule has 0 aromatic heterocycles. The summed E-state index contributed by atoms with van der Waals surface area (Å²) in [6, 6.07) is 14.7. The maximum atomic E-state index is 13.2. The van der Waals surface area contributed by atoms with E-state index in [1.165, 1.54) is 31.4 Å². The molecule has 9 heteroatoms. The van der Waals surface area contributed by atoms with Crippen LogP contribution in [0.5, 0.6) is 5.75 Å². The third kappa shape index (κ3) is 5.32. The molecule has 0 heterocycles. The Bertz CT molecular complexity index is 1150. The van der Waals surface area contributed by atoms with Crippen molar-refractivity contribution >= 4 is 21.6 Å². The van der Waals surface area contributed by atoms with Gasteiger partial charge >= 0.3 is 0 Å². The van der Waals surface area contributed by atoms with Crippen LogP contribution in [0, 0.1) is 11.6 Å². The Labute approximate surface area is 172 Å². The molecule has 0 aliphatic heterocycles. The predicted octanol–water partition coefficient (Wildman–Crippen LogP) is 3.70. The Morgan fingerprint density at radius 3 is 2.27 bits per heavy atom. The van der Waals surface area contributed by atoms with Crippen LogP contribution in [0.15, 0.2) is 71.6 Å². The van der Waals surface area contributed by atoms with Gasteiger partial charge in [-0.2, -0.15) is 0 Å². The monoisotopic (exact) mass is 432 g/mol. The molecule has 6 nitrogen and oxygen atoms in total. The number of carbonyl (C=O) groups is 1. The fourth-order valence-electron chi connectivity index (χ4n) is 2.68. The second-order valence-corrected chi connectivity index (χ2v) is 8.00. The third-order valence-corrected chi connectivity index (χ3v) is 5.50. The SMILES string of the molecule is COc1ccc(NS(=O)(=O)c2cccc(C(=O)NCc3cc(F)cc(F)c3)c2)cc1. The highest BCUT2D eigenvalue weighted by atomic mass is 32.2. The number of amides is 1. The topological polar surface area (TPSA) is 84.5 Å². The molecule has 0 spiro atoms. The molecule has 0 saturated heterocycles. The van der Waals surface area contributed by atoms with Gasteiger partial charge in [0.05, 0.1) is 12.0 Å². The van der Waals surface area contributed by atoms with Gasteiger partial charge in [-0.05, 0) is 60.2 Å². The molecule has 0 aliphatic carbocycles. The van der Waals surface area contributed by atoms with Gasteiger partial charge in [0.15, 0.2) is 0 Å². The lowest BCUT2D eigenvalue weighted by Crippen LogP contribution is -2.23. The lowest BCUT2D eigenvalue weighted by molar-refractivity contribution is 0.0950. The van der Waals surface area contributed by atoms with Crippen molar-refractivity contribution in [2.75, 3.05) is 11.8 Å². The molecule has 3 aromatic rings. The van der Waals surface area contributed by atoms with Gasteiger partial charge in [-0.15, -0.1) is 0 Å². The number of methoxy groups -OCH3 is 1. The maximum Gasteiger partial charge on any atom is 0.261 e. The third-order valence-electron chi connectivity index (χ3n) is 4.12. The van der Waals surface area contributed by atoms with Gasteiger partial charge < -0.3 is 10.1 Å². The summed E-state index contributed by atoms with van der Waals surface area (Å²) in [7, 11) is -2.44. The number of carbonyl (C=O) groups excluding carboxylic acids is 1. The molecule has 0 radical (unpaired) electrons. The Morgan fingerprint density at radius 1 is 0.967 bits per heavy atom. The maximum absolute atomic E-state index is 13.2. The van der Waals surface area contributed by atoms with Crippen molar-refractivity contribution in [3.05, 3.63) is 89.5 Å². The molecule has 0 unspecified atom stereocenters. The minimum atomic E-state index is -3.94. The Morgan fingerprint density at radius 2 is 1.63 bits per heavy atom. The van der Waals surface area contributed by atoms with Gasteiger partial charge in [0, 0.05) is 23.9 Å². The lowest BCUT2D eigenvalue weighted by atomic mass is 10.2. The second-order valence-electron chi connectivity index (χ2n) is 6.32. The first kappa shape index (κ1) is 21.3. The first-order valence-corrected chi connectivity index (χ1v) is 10.3. The molecule has 30 heavy (non-hydrogen) atoms. The number of anilines is 1. The molecular formula is C21H18F2N2O4S. The van der Waals surface area contributed by atoms with Crippen molar-refractivity contribution in [1.82, 2.24) is 5.32 Å². The zero-order valence-electron chi connectivity index (χ0n) is 15.9. The largest absolute Gasteiger partial charge is 0.497 e. The highest BCUT2D eigenvalue weighted by Gasteiger charge is 2.17. The number of benzene rings is 3. The van der Waals surface area contributed by atoms with Crippen molar-refractivity contribution < 1.29 is 26.7 Å². The summed E-state index contributed by atoms with van der Waals surface area (Å²) < 4.78 is 59.2. The van der Waals surface area contributed by atoms with E-state index in [0.29, 0.717) is 11.4 Å². The van der Waals surface area contributed by atoms with E-state index in [-0.39, 0.29) is 22.6 Å².